The average Bonchev–Trinajstić information content (AvgIpc) is 2.49. The van der Waals surface area contributed by atoms with E-state index in [1.54, 1.807) is 6.20 Å². The molecule has 0 aliphatic carbocycles. The molecule has 0 aromatic carbocycles. The van der Waals surface area contributed by atoms with Crippen LogP contribution in [0.5, 0.6) is 0 Å². The van der Waals surface area contributed by atoms with Gasteiger partial charge in [0.25, 0.3) is 0 Å². The molecule has 1 aromatic heterocycles. The molecule has 0 saturated carbocycles. The van der Waals surface area contributed by atoms with Gasteiger partial charge in [0.2, 0.25) is 0 Å². The van der Waals surface area contributed by atoms with Crippen molar-refractivity contribution in [3.05, 3.63) is 23.4 Å². The van der Waals surface area contributed by atoms with E-state index in [0.29, 0.717) is 11.6 Å². The van der Waals surface area contributed by atoms with Gasteiger partial charge in [0.05, 0.1) is 10.6 Å². The fourth-order valence-corrected chi connectivity index (χ4v) is 3.31. The second-order valence-corrected chi connectivity index (χ2v) is 6.54. The lowest BCUT2D eigenvalue weighted by atomic mass is 9.93. The van der Waals surface area contributed by atoms with Crippen LogP contribution in [-0.2, 0) is 0 Å². The standard InChI is InChI=1S/C15H23ClN4O/c16-13-2-3-14(18-10-13)20-8-6-19(7-9-20)12-15(21)4-1-5-17-11-15/h2-3,10,17,21H,1,4-9,11-12H2/t15-/m1/s1. The number of halogens is 1. The predicted molar refractivity (Wildman–Crippen MR) is 85.0 cm³/mol. The number of nitrogens with one attached hydrogen (secondary N) is 1. The molecular formula is C15H23ClN4O. The number of nitrogens with zero attached hydrogens (tertiary/aromatic N) is 3. The first kappa shape index (κ1) is 15.0. The summed E-state index contributed by atoms with van der Waals surface area (Å²) in [5.74, 6) is 0.983. The molecule has 3 heterocycles. The number of anilines is 1. The van der Waals surface area contributed by atoms with E-state index >= 15 is 0 Å². The molecule has 2 aliphatic rings. The van der Waals surface area contributed by atoms with Gasteiger partial charge < -0.3 is 15.3 Å². The summed E-state index contributed by atoms with van der Waals surface area (Å²) in [5.41, 5.74) is -0.557. The second-order valence-electron chi connectivity index (χ2n) is 6.10. The number of hydrogen-bond acceptors (Lipinski definition) is 5. The van der Waals surface area contributed by atoms with Crippen molar-refractivity contribution in [1.82, 2.24) is 15.2 Å². The highest BCUT2D eigenvalue weighted by molar-refractivity contribution is 6.30. The summed E-state index contributed by atoms with van der Waals surface area (Å²) < 4.78 is 0. The van der Waals surface area contributed by atoms with Crippen molar-refractivity contribution < 1.29 is 5.11 Å². The van der Waals surface area contributed by atoms with Gasteiger partial charge in [-0.25, -0.2) is 4.98 Å². The van der Waals surface area contributed by atoms with Crippen LogP contribution in [0, 0.1) is 0 Å². The highest BCUT2D eigenvalue weighted by Gasteiger charge is 2.32. The number of aliphatic hydroxyl groups is 1. The minimum Gasteiger partial charge on any atom is -0.387 e. The fraction of sp³-hybridized carbons (Fsp3) is 0.667. The smallest absolute Gasteiger partial charge is 0.128 e. The van der Waals surface area contributed by atoms with Gasteiger partial charge in [0.15, 0.2) is 0 Å². The molecular weight excluding hydrogens is 288 g/mol. The van der Waals surface area contributed by atoms with Crippen LogP contribution >= 0.6 is 11.6 Å². The van der Waals surface area contributed by atoms with Crippen LogP contribution < -0.4 is 10.2 Å². The van der Waals surface area contributed by atoms with Gasteiger partial charge in [-0.1, -0.05) is 11.6 Å². The molecule has 0 unspecified atom stereocenters. The monoisotopic (exact) mass is 310 g/mol. The Hall–Kier alpha value is -0.880. The van der Waals surface area contributed by atoms with E-state index in [2.05, 4.69) is 20.1 Å². The molecule has 6 heteroatoms. The highest BCUT2D eigenvalue weighted by Crippen LogP contribution is 2.20. The third kappa shape index (κ3) is 3.86. The Bertz CT molecular complexity index is 453. The number of piperidine rings is 1. The number of rotatable bonds is 3. The van der Waals surface area contributed by atoms with Crippen molar-refractivity contribution >= 4 is 17.4 Å². The SMILES string of the molecule is O[C@]1(CN2CCN(c3ccc(Cl)cn3)CC2)CCCNC1. The van der Waals surface area contributed by atoms with Crippen molar-refractivity contribution in [2.24, 2.45) is 0 Å². The lowest BCUT2D eigenvalue weighted by Gasteiger charge is -2.41. The van der Waals surface area contributed by atoms with Crippen molar-refractivity contribution in [2.45, 2.75) is 18.4 Å². The Morgan fingerprint density at radius 3 is 2.71 bits per heavy atom. The van der Waals surface area contributed by atoms with Gasteiger partial charge in [-0.2, -0.15) is 0 Å². The number of β-amino-alcohol motifs (C(OH)–C–C–N with tert-alkyl or cyclic N) is 1. The summed E-state index contributed by atoms with van der Waals surface area (Å²) in [6, 6.07) is 3.85. The van der Waals surface area contributed by atoms with Crippen LogP contribution in [0.15, 0.2) is 18.3 Å². The van der Waals surface area contributed by atoms with Crippen LogP contribution in [-0.4, -0.2) is 66.4 Å². The molecule has 3 rings (SSSR count). The molecule has 2 fully saturated rings. The summed E-state index contributed by atoms with van der Waals surface area (Å²) in [6.45, 7) is 6.32. The van der Waals surface area contributed by atoms with Crippen molar-refractivity contribution in [3.8, 4) is 0 Å². The lowest BCUT2D eigenvalue weighted by Crippen LogP contribution is -2.56. The summed E-state index contributed by atoms with van der Waals surface area (Å²) in [6.07, 6.45) is 3.66. The highest BCUT2D eigenvalue weighted by atomic mass is 35.5. The van der Waals surface area contributed by atoms with Gasteiger partial charge in [-0.3, -0.25) is 4.90 Å². The third-order valence-corrected chi connectivity index (χ3v) is 4.60. The largest absolute Gasteiger partial charge is 0.387 e. The van der Waals surface area contributed by atoms with Crippen LogP contribution in [0.4, 0.5) is 5.82 Å². The Labute approximate surface area is 130 Å². The Morgan fingerprint density at radius 2 is 2.10 bits per heavy atom. The molecule has 2 N–H and O–H groups in total. The topological polar surface area (TPSA) is 51.6 Å². The van der Waals surface area contributed by atoms with E-state index in [0.717, 1.165) is 57.9 Å². The lowest BCUT2D eigenvalue weighted by molar-refractivity contribution is -0.0164. The second kappa shape index (κ2) is 6.48. The minimum absolute atomic E-state index is 0.557. The Balaban J connectivity index is 1.51. The van der Waals surface area contributed by atoms with Gasteiger partial charge in [-0.05, 0) is 31.5 Å². The van der Waals surface area contributed by atoms with Crippen molar-refractivity contribution in [1.29, 1.82) is 0 Å². The molecule has 2 aliphatic heterocycles. The molecule has 1 aromatic rings. The van der Waals surface area contributed by atoms with Gasteiger partial charge in [-0.15, -0.1) is 0 Å². The number of aromatic nitrogens is 1. The summed E-state index contributed by atoms with van der Waals surface area (Å²) in [7, 11) is 0. The van der Waals surface area contributed by atoms with Crippen LogP contribution in [0.2, 0.25) is 5.02 Å². The maximum absolute atomic E-state index is 10.6. The third-order valence-electron chi connectivity index (χ3n) is 4.38. The predicted octanol–water partition coefficient (Wildman–Crippen LogP) is 0.971. The first-order valence-electron chi connectivity index (χ1n) is 7.67. The van der Waals surface area contributed by atoms with E-state index in [1.165, 1.54) is 0 Å². The first-order chi connectivity index (χ1) is 10.1. The number of piperazine rings is 1. The summed E-state index contributed by atoms with van der Waals surface area (Å²) >= 11 is 5.87. The van der Waals surface area contributed by atoms with E-state index in [4.69, 9.17) is 11.6 Å². The van der Waals surface area contributed by atoms with E-state index in [1.807, 2.05) is 12.1 Å². The number of pyridine rings is 1. The average molecular weight is 311 g/mol. The van der Waals surface area contributed by atoms with Crippen LogP contribution in [0.25, 0.3) is 0 Å². The molecule has 21 heavy (non-hydrogen) atoms. The Kier molecular flexibility index (Phi) is 4.64. The Morgan fingerprint density at radius 1 is 1.29 bits per heavy atom. The van der Waals surface area contributed by atoms with Gasteiger partial charge in [0, 0.05) is 45.5 Å². The molecule has 0 bridgehead atoms. The first-order valence-corrected chi connectivity index (χ1v) is 8.04. The van der Waals surface area contributed by atoms with Crippen molar-refractivity contribution in [3.63, 3.8) is 0 Å². The molecule has 0 amide bonds. The molecule has 1 atom stereocenters. The quantitative estimate of drug-likeness (QED) is 0.871. The molecule has 0 radical (unpaired) electrons. The molecule has 2 saturated heterocycles. The van der Waals surface area contributed by atoms with Crippen LogP contribution in [0.1, 0.15) is 12.8 Å². The maximum Gasteiger partial charge on any atom is 0.128 e. The zero-order chi connectivity index (χ0) is 14.7. The molecule has 0 spiro atoms. The zero-order valence-electron chi connectivity index (χ0n) is 12.3. The zero-order valence-corrected chi connectivity index (χ0v) is 13.0. The molecule has 116 valence electrons. The van der Waals surface area contributed by atoms with Gasteiger partial charge in [0.1, 0.15) is 5.82 Å². The minimum atomic E-state index is -0.557. The summed E-state index contributed by atoms with van der Waals surface area (Å²) in [5, 5.41) is 14.6. The van der Waals surface area contributed by atoms with E-state index in [9.17, 15) is 5.11 Å². The van der Waals surface area contributed by atoms with E-state index < -0.39 is 5.60 Å². The van der Waals surface area contributed by atoms with Gasteiger partial charge >= 0.3 is 0 Å². The van der Waals surface area contributed by atoms with Crippen molar-refractivity contribution in [2.75, 3.05) is 50.7 Å². The number of hydrogen-bond donors (Lipinski definition) is 2. The fourth-order valence-electron chi connectivity index (χ4n) is 3.19. The van der Waals surface area contributed by atoms with Crippen LogP contribution in [0.3, 0.4) is 0 Å². The summed E-state index contributed by atoms with van der Waals surface area (Å²) in [4.78, 5) is 9.01. The maximum atomic E-state index is 10.6. The molecule has 5 nitrogen and oxygen atoms in total. The normalized spacial score (nSPS) is 27.8. The van der Waals surface area contributed by atoms with E-state index in [-0.39, 0.29) is 0 Å².